The number of carbonyl (C=O) groups excluding carboxylic acids is 1. The third-order valence-electron chi connectivity index (χ3n) is 3.48. The molecule has 0 saturated heterocycles. The second-order valence-corrected chi connectivity index (χ2v) is 6.52. The molecular weight excluding hydrogens is 364 g/mol. The van der Waals surface area contributed by atoms with Gasteiger partial charge in [-0.1, -0.05) is 17.7 Å². The van der Waals surface area contributed by atoms with Gasteiger partial charge in [-0.3, -0.25) is 4.79 Å². The summed E-state index contributed by atoms with van der Waals surface area (Å²) in [6.45, 7) is 3.92. The van der Waals surface area contributed by atoms with Crippen molar-refractivity contribution < 1.29 is 9.53 Å². The summed E-state index contributed by atoms with van der Waals surface area (Å²) >= 11 is 5.95. The molecule has 1 amide bonds. The van der Waals surface area contributed by atoms with Gasteiger partial charge in [-0.2, -0.15) is 0 Å². The topological polar surface area (TPSA) is 76.1 Å². The lowest BCUT2D eigenvalue weighted by atomic mass is 10.2. The number of anilines is 3. The minimum Gasteiger partial charge on any atom is -0.491 e. The van der Waals surface area contributed by atoms with Crippen LogP contribution in [0.5, 0.6) is 5.75 Å². The standard InChI is InChI=1S/C20H19ClN4O2/c1-13(2)27-17-8-6-15(7-9-17)23-20(26)18-10-11-19(25-24-18)22-16-5-3-4-14(21)12-16/h3-13H,1-2H3,(H,22,25)(H,23,26). The fraction of sp³-hybridized carbons (Fsp3) is 0.150. The van der Waals surface area contributed by atoms with Gasteiger partial charge in [-0.05, 0) is 68.4 Å². The zero-order valence-corrected chi connectivity index (χ0v) is 15.7. The number of benzene rings is 2. The van der Waals surface area contributed by atoms with Crippen molar-refractivity contribution in [2.24, 2.45) is 0 Å². The van der Waals surface area contributed by atoms with Crippen LogP contribution in [0.3, 0.4) is 0 Å². The molecular formula is C20H19ClN4O2. The van der Waals surface area contributed by atoms with Crippen molar-refractivity contribution in [1.29, 1.82) is 0 Å². The first-order chi connectivity index (χ1) is 13.0. The van der Waals surface area contributed by atoms with Crippen LogP contribution in [0.15, 0.2) is 60.7 Å². The van der Waals surface area contributed by atoms with Gasteiger partial charge in [-0.25, -0.2) is 0 Å². The average Bonchev–Trinajstić information content (AvgIpc) is 2.63. The van der Waals surface area contributed by atoms with Crippen LogP contribution in [-0.4, -0.2) is 22.2 Å². The largest absolute Gasteiger partial charge is 0.491 e. The number of nitrogens with zero attached hydrogens (tertiary/aromatic N) is 2. The van der Waals surface area contributed by atoms with Crippen LogP contribution < -0.4 is 15.4 Å². The fourth-order valence-electron chi connectivity index (χ4n) is 2.32. The van der Waals surface area contributed by atoms with Crippen LogP contribution in [-0.2, 0) is 0 Å². The molecule has 0 radical (unpaired) electrons. The molecule has 0 bridgehead atoms. The van der Waals surface area contributed by atoms with E-state index in [1.807, 2.05) is 26.0 Å². The number of hydrogen-bond acceptors (Lipinski definition) is 5. The second kappa shape index (κ2) is 8.51. The third-order valence-corrected chi connectivity index (χ3v) is 3.71. The Morgan fingerprint density at radius 2 is 1.78 bits per heavy atom. The Kier molecular flexibility index (Phi) is 5.88. The average molecular weight is 383 g/mol. The molecule has 0 aliphatic carbocycles. The number of halogens is 1. The Morgan fingerprint density at radius 3 is 2.41 bits per heavy atom. The Bertz CT molecular complexity index is 912. The minimum absolute atomic E-state index is 0.0970. The third kappa shape index (κ3) is 5.43. The van der Waals surface area contributed by atoms with Crippen molar-refractivity contribution in [3.8, 4) is 5.75 Å². The number of rotatable bonds is 6. The number of ether oxygens (including phenoxy) is 1. The molecule has 1 aromatic heterocycles. The lowest BCUT2D eigenvalue weighted by Crippen LogP contribution is -2.14. The zero-order chi connectivity index (χ0) is 19.2. The SMILES string of the molecule is CC(C)Oc1ccc(NC(=O)c2ccc(Nc3cccc(Cl)c3)nn2)cc1. The quantitative estimate of drug-likeness (QED) is 0.633. The maximum Gasteiger partial charge on any atom is 0.276 e. The van der Waals surface area contributed by atoms with Crippen molar-refractivity contribution in [2.75, 3.05) is 10.6 Å². The van der Waals surface area contributed by atoms with Gasteiger partial charge in [0.05, 0.1) is 6.10 Å². The van der Waals surface area contributed by atoms with Crippen LogP contribution in [0.1, 0.15) is 24.3 Å². The summed E-state index contributed by atoms with van der Waals surface area (Å²) in [7, 11) is 0. The highest BCUT2D eigenvalue weighted by molar-refractivity contribution is 6.30. The van der Waals surface area contributed by atoms with Crippen molar-refractivity contribution in [1.82, 2.24) is 10.2 Å². The molecule has 6 nitrogen and oxygen atoms in total. The van der Waals surface area contributed by atoms with Gasteiger partial charge in [0.15, 0.2) is 11.5 Å². The molecule has 0 aliphatic rings. The molecule has 3 aromatic rings. The first-order valence-electron chi connectivity index (χ1n) is 8.44. The minimum atomic E-state index is -0.339. The van der Waals surface area contributed by atoms with E-state index in [0.717, 1.165) is 11.4 Å². The molecule has 0 spiro atoms. The Hall–Kier alpha value is -3.12. The molecule has 138 valence electrons. The van der Waals surface area contributed by atoms with Crippen molar-refractivity contribution in [2.45, 2.75) is 20.0 Å². The Labute approximate surface area is 162 Å². The van der Waals surface area contributed by atoms with E-state index < -0.39 is 0 Å². The highest BCUT2D eigenvalue weighted by Gasteiger charge is 2.09. The van der Waals surface area contributed by atoms with Crippen LogP contribution in [0.25, 0.3) is 0 Å². The van der Waals surface area contributed by atoms with E-state index in [4.69, 9.17) is 16.3 Å². The molecule has 0 unspecified atom stereocenters. The van der Waals surface area contributed by atoms with E-state index in [-0.39, 0.29) is 17.7 Å². The molecule has 2 N–H and O–H groups in total. The summed E-state index contributed by atoms with van der Waals surface area (Å²) in [4.78, 5) is 12.3. The van der Waals surface area contributed by atoms with E-state index in [9.17, 15) is 4.79 Å². The van der Waals surface area contributed by atoms with Crippen LogP contribution >= 0.6 is 11.6 Å². The van der Waals surface area contributed by atoms with Crippen molar-refractivity contribution in [3.05, 3.63) is 71.4 Å². The molecule has 1 heterocycles. The van der Waals surface area contributed by atoms with Gasteiger partial charge < -0.3 is 15.4 Å². The van der Waals surface area contributed by atoms with Crippen LogP contribution in [0.2, 0.25) is 5.02 Å². The van der Waals surface area contributed by atoms with Gasteiger partial charge in [0.25, 0.3) is 5.91 Å². The smallest absolute Gasteiger partial charge is 0.276 e. The molecule has 7 heteroatoms. The van der Waals surface area contributed by atoms with Crippen molar-refractivity contribution >= 4 is 34.7 Å². The molecule has 0 aliphatic heterocycles. The Morgan fingerprint density at radius 1 is 1.00 bits per heavy atom. The van der Waals surface area contributed by atoms with Gasteiger partial charge in [0, 0.05) is 16.4 Å². The molecule has 0 atom stereocenters. The maximum absolute atomic E-state index is 12.3. The maximum atomic E-state index is 12.3. The summed E-state index contributed by atoms with van der Waals surface area (Å²) in [5.41, 5.74) is 1.66. The van der Waals surface area contributed by atoms with E-state index >= 15 is 0 Å². The summed E-state index contributed by atoms with van der Waals surface area (Å²) in [6, 6.07) is 17.7. The lowest BCUT2D eigenvalue weighted by Gasteiger charge is -2.10. The number of carbonyl (C=O) groups is 1. The zero-order valence-electron chi connectivity index (χ0n) is 14.9. The summed E-state index contributed by atoms with van der Waals surface area (Å²) in [5, 5.41) is 14.5. The normalized spacial score (nSPS) is 10.5. The Balaban J connectivity index is 1.61. The molecule has 0 saturated carbocycles. The van der Waals surface area contributed by atoms with Gasteiger partial charge >= 0.3 is 0 Å². The summed E-state index contributed by atoms with van der Waals surface area (Å²) in [5.74, 6) is 0.928. The first kappa shape index (κ1) is 18.7. The fourth-order valence-corrected chi connectivity index (χ4v) is 2.51. The summed E-state index contributed by atoms with van der Waals surface area (Å²) in [6.07, 6.45) is 0.0970. The van der Waals surface area contributed by atoms with Gasteiger partial charge in [0.2, 0.25) is 0 Å². The molecule has 3 rings (SSSR count). The lowest BCUT2D eigenvalue weighted by molar-refractivity contribution is 0.102. The van der Waals surface area contributed by atoms with Gasteiger partial charge in [0.1, 0.15) is 5.75 Å². The van der Waals surface area contributed by atoms with E-state index in [1.165, 1.54) is 0 Å². The van der Waals surface area contributed by atoms with Gasteiger partial charge in [-0.15, -0.1) is 10.2 Å². The van der Waals surface area contributed by atoms with E-state index in [0.29, 0.717) is 16.5 Å². The predicted molar refractivity (Wildman–Crippen MR) is 107 cm³/mol. The van der Waals surface area contributed by atoms with Crippen LogP contribution in [0.4, 0.5) is 17.2 Å². The molecule has 27 heavy (non-hydrogen) atoms. The number of amides is 1. The second-order valence-electron chi connectivity index (χ2n) is 6.08. The molecule has 2 aromatic carbocycles. The predicted octanol–water partition coefficient (Wildman–Crippen LogP) is 4.91. The van der Waals surface area contributed by atoms with E-state index in [1.54, 1.807) is 48.5 Å². The summed E-state index contributed by atoms with van der Waals surface area (Å²) < 4.78 is 5.58. The molecule has 0 fully saturated rings. The first-order valence-corrected chi connectivity index (χ1v) is 8.82. The number of aromatic nitrogens is 2. The highest BCUT2D eigenvalue weighted by Crippen LogP contribution is 2.19. The van der Waals surface area contributed by atoms with E-state index in [2.05, 4.69) is 20.8 Å². The monoisotopic (exact) mass is 382 g/mol. The highest BCUT2D eigenvalue weighted by atomic mass is 35.5. The number of hydrogen-bond donors (Lipinski definition) is 2. The number of nitrogens with one attached hydrogen (secondary N) is 2. The van der Waals surface area contributed by atoms with Crippen molar-refractivity contribution in [3.63, 3.8) is 0 Å². The van der Waals surface area contributed by atoms with Crippen LogP contribution in [0, 0.1) is 0 Å².